The zero-order valence-corrected chi connectivity index (χ0v) is 10.7. The average molecular weight is 307 g/mol. The van der Waals surface area contributed by atoms with Gasteiger partial charge in [-0.15, -0.1) is 0 Å². The maximum atomic E-state index is 10.6. The van der Waals surface area contributed by atoms with E-state index in [1.54, 1.807) is 0 Å². The van der Waals surface area contributed by atoms with E-state index in [0.717, 1.165) is 19.3 Å². The predicted octanol–water partition coefficient (Wildman–Crippen LogP) is 3.04. The summed E-state index contributed by atoms with van der Waals surface area (Å²) in [5, 5.41) is 8.73. The predicted molar refractivity (Wildman–Crippen MR) is 58.8 cm³/mol. The van der Waals surface area contributed by atoms with Crippen LogP contribution in [0.4, 0.5) is 0 Å². The van der Waals surface area contributed by atoms with E-state index in [0.29, 0.717) is 18.3 Å². The molecule has 1 N–H and O–H groups in total. The van der Waals surface area contributed by atoms with Crippen molar-refractivity contribution in [2.24, 2.45) is 5.92 Å². The van der Waals surface area contributed by atoms with Gasteiger partial charge in [-0.05, 0) is 36.7 Å². The molecule has 0 aromatic heterocycles. The first-order valence-electron chi connectivity index (χ1n) is 5.52. The summed E-state index contributed by atoms with van der Waals surface area (Å²) in [5.74, 6) is 0.303. The molecule has 16 heavy (non-hydrogen) atoms. The van der Waals surface area contributed by atoms with Crippen LogP contribution < -0.4 is 0 Å². The minimum Gasteiger partial charge on any atom is -0.481 e. The third-order valence-corrected chi connectivity index (χ3v) is 3.28. The fourth-order valence-corrected chi connectivity index (χ4v) is 2.54. The van der Waals surface area contributed by atoms with Crippen LogP contribution in [0, 0.1) is 5.92 Å². The first kappa shape index (κ1) is 13.4. The molecule has 0 amide bonds. The molecule has 0 saturated heterocycles. The van der Waals surface area contributed by atoms with Crippen molar-refractivity contribution in [3.8, 4) is 0 Å². The van der Waals surface area contributed by atoms with E-state index in [1.807, 2.05) is 6.07 Å². The Morgan fingerprint density at radius 3 is 2.56 bits per heavy atom. The number of hydrogen-bond acceptors (Lipinski definition) is 1. The molecule has 2 nitrogen and oxygen atoms in total. The van der Waals surface area contributed by atoms with Crippen LogP contribution in [0.15, 0.2) is 30.3 Å². The van der Waals surface area contributed by atoms with Crippen molar-refractivity contribution in [2.45, 2.75) is 31.6 Å². The SMILES string of the molecule is O=C(O)CC1CCC(c2ccccc2)C1.[Rh]. The van der Waals surface area contributed by atoms with Crippen LogP contribution in [0.2, 0.25) is 0 Å². The number of rotatable bonds is 3. The molecule has 89 valence electrons. The van der Waals surface area contributed by atoms with E-state index in [4.69, 9.17) is 5.11 Å². The largest absolute Gasteiger partial charge is 0.481 e. The van der Waals surface area contributed by atoms with Gasteiger partial charge in [-0.3, -0.25) is 4.79 Å². The number of hydrogen-bond donors (Lipinski definition) is 1. The van der Waals surface area contributed by atoms with Gasteiger partial charge in [0.15, 0.2) is 0 Å². The quantitative estimate of drug-likeness (QED) is 0.872. The standard InChI is InChI=1S/C13H16O2.Rh/c14-13(15)9-10-6-7-12(8-10)11-4-2-1-3-5-11;/h1-5,10,12H,6-9H2,(H,14,15);. The zero-order valence-electron chi connectivity index (χ0n) is 9.06. The van der Waals surface area contributed by atoms with Crippen LogP contribution in [0.25, 0.3) is 0 Å². The normalized spacial score (nSPS) is 23.8. The molecule has 0 spiro atoms. The van der Waals surface area contributed by atoms with E-state index in [2.05, 4.69) is 24.3 Å². The van der Waals surface area contributed by atoms with Gasteiger partial charge < -0.3 is 5.11 Å². The van der Waals surface area contributed by atoms with E-state index in [-0.39, 0.29) is 19.5 Å². The van der Waals surface area contributed by atoms with E-state index >= 15 is 0 Å². The molecule has 1 aliphatic carbocycles. The van der Waals surface area contributed by atoms with Crippen molar-refractivity contribution in [3.63, 3.8) is 0 Å². The van der Waals surface area contributed by atoms with Crippen LogP contribution in [-0.4, -0.2) is 11.1 Å². The minimum absolute atomic E-state index is 0. The molecule has 0 aliphatic heterocycles. The minimum atomic E-state index is -0.659. The van der Waals surface area contributed by atoms with Crippen LogP contribution in [0.5, 0.6) is 0 Å². The van der Waals surface area contributed by atoms with Crippen LogP contribution in [0.1, 0.15) is 37.2 Å². The fraction of sp³-hybridized carbons (Fsp3) is 0.462. The number of carboxylic acids is 1. The fourth-order valence-electron chi connectivity index (χ4n) is 2.54. The van der Waals surface area contributed by atoms with Gasteiger partial charge in [-0.25, -0.2) is 0 Å². The van der Waals surface area contributed by atoms with Crippen molar-refractivity contribution in [3.05, 3.63) is 35.9 Å². The maximum absolute atomic E-state index is 10.6. The molecule has 2 atom stereocenters. The Hall–Kier alpha value is -0.687. The molecule has 1 aromatic rings. The summed E-state index contributed by atoms with van der Waals surface area (Å²) in [7, 11) is 0. The zero-order chi connectivity index (χ0) is 10.7. The van der Waals surface area contributed by atoms with Crippen molar-refractivity contribution >= 4 is 5.97 Å². The van der Waals surface area contributed by atoms with E-state index < -0.39 is 5.97 Å². The molecule has 1 aromatic carbocycles. The molecule has 3 heteroatoms. The molecule has 1 fully saturated rings. The van der Waals surface area contributed by atoms with Gasteiger partial charge in [-0.1, -0.05) is 30.3 Å². The van der Waals surface area contributed by atoms with Crippen LogP contribution in [-0.2, 0) is 24.3 Å². The number of carboxylic acid groups (broad SMARTS) is 1. The smallest absolute Gasteiger partial charge is 0.303 e. The summed E-state index contributed by atoms with van der Waals surface area (Å²) >= 11 is 0. The second-order valence-electron chi connectivity index (χ2n) is 4.38. The summed E-state index contributed by atoms with van der Waals surface area (Å²) in [5.41, 5.74) is 1.37. The van der Waals surface area contributed by atoms with Gasteiger partial charge in [0.2, 0.25) is 0 Å². The Morgan fingerprint density at radius 2 is 1.94 bits per heavy atom. The van der Waals surface area contributed by atoms with Crippen LogP contribution in [0.3, 0.4) is 0 Å². The summed E-state index contributed by atoms with van der Waals surface area (Å²) in [6, 6.07) is 10.4. The Labute approximate surface area is 109 Å². The second kappa shape index (κ2) is 6.15. The number of benzene rings is 1. The summed E-state index contributed by atoms with van der Waals surface area (Å²) in [6.07, 6.45) is 3.58. The molecule has 1 radical (unpaired) electrons. The Kier molecular flexibility index (Phi) is 5.14. The molecule has 1 saturated carbocycles. The number of aliphatic carboxylic acids is 1. The van der Waals surface area contributed by atoms with Gasteiger partial charge in [0.25, 0.3) is 0 Å². The van der Waals surface area contributed by atoms with Crippen molar-refractivity contribution in [2.75, 3.05) is 0 Å². The van der Waals surface area contributed by atoms with Crippen molar-refractivity contribution < 1.29 is 29.4 Å². The first-order valence-corrected chi connectivity index (χ1v) is 5.52. The Bertz CT molecular complexity index is 337. The molecule has 0 heterocycles. The van der Waals surface area contributed by atoms with Crippen LogP contribution >= 0.6 is 0 Å². The van der Waals surface area contributed by atoms with Crippen molar-refractivity contribution in [1.29, 1.82) is 0 Å². The monoisotopic (exact) mass is 307 g/mol. The topological polar surface area (TPSA) is 37.3 Å². The van der Waals surface area contributed by atoms with E-state index in [1.165, 1.54) is 5.56 Å². The molecule has 1 aliphatic rings. The molecular formula is C13H16O2Rh. The maximum Gasteiger partial charge on any atom is 0.303 e. The van der Waals surface area contributed by atoms with Crippen molar-refractivity contribution in [1.82, 2.24) is 0 Å². The van der Waals surface area contributed by atoms with Gasteiger partial charge in [-0.2, -0.15) is 0 Å². The van der Waals surface area contributed by atoms with Gasteiger partial charge >= 0.3 is 5.97 Å². The first-order chi connectivity index (χ1) is 7.25. The molecule has 2 rings (SSSR count). The number of carbonyl (C=O) groups is 1. The molecular weight excluding hydrogens is 291 g/mol. The summed E-state index contributed by atoms with van der Waals surface area (Å²) < 4.78 is 0. The summed E-state index contributed by atoms with van der Waals surface area (Å²) in [4.78, 5) is 10.6. The third-order valence-electron chi connectivity index (χ3n) is 3.28. The van der Waals surface area contributed by atoms with Gasteiger partial charge in [0, 0.05) is 25.9 Å². The second-order valence-corrected chi connectivity index (χ2v) is 4.38. The van der Waals surface area contributed by atoms with Gasteiger partial charge in [0.1, 0.15) is 0 Å². The molecule has 0 bridgehead atoms. The molecule has 2 unspecified atom stereocenters. The summed E-state index contributed by atoms with van der Waals surface area (Å²) in [6.45, 7) is 0. The van der Waals surface area contributed by atoms with E-state index in [9.17, 15) is 4.79 Å². The Balaban J connectivity index is 0.00000128. The van der Waals surface area contributed by atoms with Gasteiger partial charge in [0.05, 0.1) is 0 Å². The average Bonchev–Trinajstić information content (AvgIpc) is 2.67. The third kappa shape index (κ3) is 3.41. The Morgan fingerprint density at radius 1 is 1.25 bits per heavy atom.